The lowest BCUT2D eigenvalue weighted by Gasteiger charge is -2.42. The molecule has 4 atom stereocenters. The standard InChI is InChI=1S/C16H27NO5/c1-12(21-10-14-4-3-7-20-14)15(18)17-6-9-22-16(11-17)5-8-19-13(16)2/h12-14H,3-11H2,1-2H3. The number of rotatable bonds is 4. The zero-order valence-corrected chi connectivity index (χ0v) is 13.6. The Hall–Kier alpha value is -0.690. The molecule has 0 aromatic heterocycles. The van der Waals surface area contributed by atoms with Crippen LogP contribution in [0.4, 0.5) is 0 Å². The van der Waals surface area contributed by atoms with Crippen molar-refractivity contribution in [2.75, 3.05) is 39.5 Å². The SMILES string of the molecule is CC(OCC1CCCO1)C(=O)N1CCOC2(CCOC2C)C1. The Bertz CT molecular complexity index is 398. The highest BCUT2D eigenvalue weighted by Crippen LogP contribution is 2.33. The van der Waals surface area contributed by atoms with Gasteiger partial charge in [0.2, 0.25) is 0 Å². The molecule has 3 heterocycles. The molecule has 3 fully saturated rings. The third kappa shape index (κ3) is 3.30. The summed E-state index contributed by atoms with van der Waals surface area (Å²) >= 11 is 0. The molecule has 0 saturated carbocycles. The molecule has 0 aliphatic carbocycles. The van der Waals surface area contributed by atoms with Crippen molar-refractivity contribution in [1.82, 2.24) is 4.90 Å². The van der Waals surface area contributed by atoms with Crippen molar-refractivity contribution >= 4 is 5.91 Å². The van der Waals surface area contributed by atoms with Crippen molar-refractivity contribution in [1.29, 1.82) is 0 Å². The van der Waals surface area contributed by atoms with Crippen LogP contribution in [0.3, 0.4) is 0 Å². The molecule has 3 aliphatic rings. The molecule has 22 heavy (non-hydrogen) atoms. The fourth-order valence-corrected chi connectivity index (χ4v) is 3.51. The first kappa shape index (κ1) is 16.2. The summed E-state index contributed by atoms with van der Waals surface area (Å²) in [4.78, 5) is 14.5. The van der Waals surface area contributed by atoms with Crippen molar-refractivity contribution in [3.63, 3.8) is 0 Å². The molecular weight excluding hydrogens is 286 g/mol. The van der Waals surface area contributed by atoms with Crippen LogP contribution >= 0.6 is 0 Å². The Morgan fingerprint density at radius 1 is 1.36 bits per heavy atom. The van der Waals surface area contributed by atoms with Gasteiger partial charge in [-0.15, -0.1) is 0 Å². The van der Waals surface area contributed by atoms with E-state index in [0.29, 0.717) is 32.9 Å². The summed E-state index contributed by atoms with van der Waals surface area (Å²) in [5.74, 6) is 0.0415. The summed E-state index contributed by atoms with van der Waals surface area (Å²) in [6, 6.07) is 0. The van der Waals surface area contributed by atoms with E-state index in [1.165, 1.54) is 0 Å². The molecule has 126 valence electrons. The third-order valence-electron chi connectivity index (χ3n) is 5.06. The second-order valence-corrected chi connectivity index (χ2v) is 6.55. The summed E-state index contributed by atoms with van der Waals surface area (Å²) in [5.41, 5.74) is -0.331. The summed E-state index contributed by atoms with van der Waals surface area (Å²) < 4.78 is 22.9. The highest BCUT2D eigenvalue weighted by atomic mass is 16.6. The largest absolute Gasteiger partial charge is 0.376 e. The lowest BCUT2D eigenvalue weighted by Crippen LogP contribution is -2.58. The second kappa shape index (κ2) is 6.83. The first-order chi connectivity index (χ1) is 10.6. The van der Waals surface area contributed by atoms with E-state index in [1.807, 2.05) is 18.7 Å². The van der Waals surface area contributed by atoms with Gasteiger partial charge < -0.3 is 23.8 Å². The quantitative estimate of drug-likeness (QED) is 0.774. The Labute approximate surface area is 132 Å². The maximum atomic E-state index is 12.6. The Balaban J connectivity index is 1.52. The van der Waals surface area contributed by atoms with Crippen molar-refractivity contribution < 1.29 is 23.7 Å². The molecule has 0 aromatic rings. The first-order valence-corrected chi connectivity index (χ1v) is 8.38. The summed E-state index contributed by atoms with van der Waals surface area (Å²) in [5, 5.41) is 0. The predicted octanol–water partition coefficient (Wildman–Crippen LogP) is 0.977. The highest BCUT2D eigenvalue weighted by molar-refractivity contribution is 5.80. The normalized spacial score (nSPS) is 36.9. The zero-order chi connectivity index (χ0) is 15.6. The second-order valence-electron chi connectivity index (χ2n) is 6.55. The van der Waals surface area contributed by atoms with Gasteiger partial charge in [-0.25, -0.2) is 0 Å². The molecule has 3 rings (SSSR count). The fraction of sp³-hybridized carbons (Fsp3) is 0.938. The summed E-state index contributed by atoms with van der Waals surface area (Å²) in [7, 11) is 0. The Kier molecular flexibility index (Phi) is 5.02. The van der Waals surface area contributed by atoms with E-state index in [1.54, 1.807) is 0 Å². The van der Waals surface area contributed by atoms with Gasteiger partial charge in [-0.3, -0.25) is 4.79 Å². The minimum atomic E-state index is -0.433. The van der Waals surface area contributed by atoms with E-state index in [2.05, 4.69) is 0 Å². The van der Waals surface area contributed by atoms with E-state index in [0.717, 1.165) is 25.9 Å². The van der Waals surface area contributed by atoms with Crippen LogP contribution in [-0.2, 0) is 23.7 Å². The molecule has 0 N–H and O–H groups in total. The number of amides is 1. The monoisotopic (exact) mass is 313 g/mol. The number of hydrogen-bond donors (Lipinski definition) is 0. The Morgan fingerprint density at radius 2 is 2.23 bits per heavy atom. The van der Waals surface area contributed by atoms with Crippen LogP contribution in [0.25, 0.3) is 0 Å². The van der Waals surface area contributed by atoms with Crippen molar-refractivity contribution in [2.24, 2.45) is 0 Å². The molecule has 0 bridgehead atoms. The van der Waals surface area contributed by atoms with E-state index in [9.17, 15) is 4.79 Å². The van der Waals surface area contributed by atoms with Gasteiger partial charge in [0.25, 0.3) is 5.91 Å². The molecule has 4 unspecified atom stereocenters. The molecule has 1 amide bonds. The molecule has 0 radical (unpaired) electrons. The van der Waals surface area contributed by atoms with E-state index >= 15 is 0 Å². The lowest BCUT2D eigenvalue weighted by molar-refractivity contribution is -0.168. The van der Waals surface area contributed by atoms with Crippen LogP contribution in [0.5, 0.6) is 0 Å². The van der Waals surface area contributed by atoms with Crippen LogP contribution in [0.2, 0.25) is 0 Å². The first-order valence-electron chi connectivity index (χ1n) is 8.38. The van der Waals surface area contributed by atoms with Crippen LogP contribution < -0.4 is 0 Å². The molecule has 3 saturated heterocycles. The number of morpholine rings is 1. The van der Waals surface area contributed by atoms with Gasteiger partial charge in [0.15, 0.2) is 0 Å². The van der Waals surface area contributed by atoms with Gasteiger partial charge in [-0.1, -0.05) is 0 Å². The van der Waals surface area contributed by atoms with Crippen molar-refractivity contribution in [3.8, 4) is 0 Å². The summed E-state index contributed by atoms with van der Waals surface area (Å²) in [6.07, 6.45) is 2.71. The highest BCUT2D eigenvalue weighted by Gasteiger charge is 2.47. The third-order valence-corrected chi connectivity index (χ3v) is 5.06. The number of ether oxygens (including phenoxy) is 4. The van der Waals surface area contributed by atoms with Gasteiger partial charge in [0.1, 0.15) is 11.7 Å². The molecule has 0 aromatic carbocycles. The zero-order valence-electron chi connectivity index (χ0n) is 13.6. The molecule has 1 spiro atoms. The molecule has 6 heteroatoms. The topological polar surface area (TPSA) is 57.2 Å². The van der Waals surface area contributed by atoms with Crippen LogP contribution in [0, 0.1) is 0 Å². The molecule has 6 nitrogen and oxygen atoms in total. The number of hydrogen-bond acceptors (Lipinski definition) is 5. The lowest BCUT2D eigenvalue weighted by atomic mass is 9.94. The van der Waals surface area contributed by atoms with Gasteiger partial charge in [-0.05, 0) is 26.7 Å². The van der Waals surface area contributed by atoms with E-state index in [-0.39, 0.29) is 23.7 Å². The summed E-state index contributed by atoms with van der Waals surface area (Å²) in [6.45, 7) is 7.65. The van der Waals surface area contributed by atoms with Crippen LogP contribution in [0.15, 0.2) is 0 Å². The van der Waals surface area contributed by atoms with Crippen LogP contribution in [0.1, 0.15) is 33.1 Å². The maximum absolute atomic E-state index is 12.6. The number of carbonyl (C=O) groups is 1. The number of carbonyl (C=O) groups excluding carboxylic acids is 1. The predicted molar refractivity (Wildman–Crippen MR) is 79.7 cm³/mol. The smallest absolute Gasteiger partial charge is 0.251 e. The van der Waals surface area contributed by atoms with E-state index in [4.69, 9.17) is 18.9 Å². The molecular formula is C16H27NO5. The average Bonchev–Trinajstić information content (AvgIpc) is 3.16. The van der Waals surface area contributed by atoms with Gasteiger partial charge in [-0.2, -0.15) is 0 Å². The Morgan fingerprint density at radius 3 is 2.91 bits per heavy atom. The minimum absolute atomic E-state index is 0.0335. The fourth-order valence-electron chi connectivity index (χ4n) is 3.51. The van der Waals surface area contributed by atoms with Gasteiger partial charge >= 0.3 is 0 Å². The number of nitrogens with zero attached hydrogens (tertiary/aromatic N) is 1. The van der Waals surface area contributed by atoms with Crippen molar-refractivity contribution in [3.05, 3.63) is 0 Å². The van der Waals surface area contributed by atoms with Crippen molar-refractivity contribution in [2.45, 2.75) is 57.0 Å². The van der Waals surface area contributed by atoms with Gasteiger partial charge in [0, 0.05) is 26.2 Å². The van der Waals surface area contributed by atoms with Gasteiger partial charge in [0.05, 0.1) is 32.0 Å². The van der Waals surface area contributed by atoms with E-state index < -0.39 is 6.10 Å². The maximum Gasteiger partial charge on any atom is 0.251 e. The average molecular weight is 313 g/mol. The minimum Gasteiger partial charge on any atom is -0.376 e. The molecule has 3 aliphatic heterocycles. The van der Waals surface area contributed by atoms with Crippen LogP contribution in [-0.4, -0.2) is 74.2 Å².